The van der Waals surface area contributed by atoms with Crippen LogP contribution in [-0.2, 0) is 14.3 Å². The first-order chi connectivity index (χ1) is 18.2. The highest BCUT2D eigenvalue weighted by Gasteiger charge is 2.03. The minimum Gasteiger partial charge on any atom is -0.481 e. The molecule has 0 aromatic rings. The molecule has 0 radical (unpaired) electrons. The number of carboxylic acid groups (broad SMARTS) is 1. The van der Waals surface area contributed by atoms with Crippen LogP contribution in [0, 0.1) is 0 Å². The smallest absolute Gasteiger partial charge is 0.305 e. The first-order valence-electron chi connectivity index (χ1n) is 16.5. The van der Waals surface area contributed by atoms with E-state index in [2.05, 4.69) is 6.92 Å². The number of unbranched alkanes of at least 4 members (excludes halogenated alkanes) is 25. The van der Waals surface area contributed by atoms with Crippen molar-refractivity contribution in [1.82, 2.24) is 0 Å². The molecule has 0 heterocycles. The minimum atomic E-state index is -0.670. The lowest BCUT2D eigenvalue weighted by Crippen LogP contribution is -2.05. The van der Waals surface area contributed by atoms with E-state index in [1.54, 1.807) is 0 Å². The molecule has 0 aliphatic carbocycles. The van der Waals surface area contributed by atoms with Gasteiger partial charge >= 0.3 is 11.9 Å². The molecule has 220 valence electrons. The average Bonchev–Trinajstić information content (AvgIpc) is 2.88. The van der Waals surface area contributed by atoms with Gasteiger partial charge in [0, 0.05) is 12.8 Å². The molecule has 1 N–H and O–H groups in total. The number of hydrogen-bond donors (Lipinski definition) is 1. The van der Waals surface area contributed by atoms with Crippen molar-refractivity contribution in [3.8, 4) is 0 Å². The van der Waals surface area contributed by atoms with E-state index in [0.717, 1.165) is 25.7 Å². The average molecular weight is 525 g/mol. The van der Waals surface area contributed by atoms with Crippen molar-refractivity contribution in [2.24, 2.45) is 0 Å². The molecule has 0 aliphatic rings. The maximum absolute atomic E-state index is 11.9. The Morgan fingerprint density at radius 3 is 1.08 bits per heavy atom. The second-order valence-corrected chi connectivity index (χ2v) is 11.3. The zero-order valence-corrected chi connectivity index (χ0v) is 24.9. The third kappa shape index (κ3) is 32.9. The summed E-state index contributed by atoms with van der Waals surface area (Å²) in [6.45, 7) is 2.88. The Bertz CT molecular complexity index is 477. The van der Waals surface area contributed by atoms with Gasteiger partial charge < -0.3 is 9.84 Å². The first-order valence-corrected chi connectivity index (χ1v) is 16.5. The number of ether oxygens (including phenoxy) is 1. The summed E-state index contributed by atoms with van der Waals surface area (Å²) in [6.07, 6.45) is 35.3. The molecule has 0 saturated carbocycles. The molecular weight excluding hydrogens is 460 g/mol. The molecule has 0 amide bonds. The minimum absolute atomic E-state index is 0.000761. The molecule has 0 unspecified atom stereocenters. The Hall–Kier alpha value is -1.06. The van der Waals surface area contributed by atoms with Gasteiger partial charge in [-0.1, -0.05) is 161 Å². The van der Waals surface area contributed by atoms with Crippen molar-refractivity contribution < 1.29 is 19.4 Å². The molecule has 4 heteroatoms. The Labute approximate surface area is 231 Å². The molecule has 0 bridgehead atoms. The van der Waals surface area contributed by atoms with Crippen molar-refractivity contribution in [2.45, 2.75) is 193 Å². The molecule has 4 nitrogen and oxygen atoms in total. The van der Waals surface area contributed by atoms with Crippen LogP contribution in [0.5, 0.6) is 0 Å². The number of aliphatic carboxylic acids is 1. The van der Waals surface area contributed by atoms with Gasteiger partial charge in [0.15, 0.2) is 0 Å². The van der Waals surface area contributed by atoms with Gasteiger partial charge in [0.25, 0.3) is 0 Å². The lowest BCUT2D eigenvalue weighted by Gasteiger charge is -2.06. The molecule has 0 aliphatic heterocycles. The van der Waals surface area contributed by atoms with Crippen molar-refractivity contribution in [2.75, 3.05) is 6.61 Å². The molecule has 0 rings (SSSR count). The maximum Gasteiger partial charge on any atom is 0.305 e. The quantitative estimate of drug-likeness (QED) is 0.0723. The summed E-state index contributed by atoms with van der Waals surface area (Å²) in [5, 5.41) is 8.61. The van der Waals surface area contributed by atoms with Crippen molar-refractivity contribution in [3.63, 3.8) is 0 Å². The summed E-state index contributed by atoms with van der Waals surface area (Å²) in [5.74, 6) is -0.669. The van der Waals surface area contributed by atoms with Gasteiger partial charge in [-0.05, 0) is 19.3 Å². The van der Waals surface area contributed by atoms with E-state index in [1.807, 2.05) is 0 Å². The van der Waals surface area contributed by atoms with E-state index in [-0.39, 0.29) is 5.97 Å². The fourth-order valence-electron chi connectivity index (χ4n) is 5.04. The summed E-state index contributed by atoms with van der Waals surface area (Å²) in [5.41, 5.74) is 0. The monoisotopic (exact) mass is 524 g/mol. The SMILES string of the molecule is CCCCCCCCCCCCCCCCC(=O)OCCCCCCCCCCCCCCCC(=O)O. The molecule has 0 saturated heterocycles. The molecule has 0 aromatic carbocycles. The normalized spacial score (nSPS) is 11.2. The van der Waals surface area contributed by atoms with Gasteiger partial charge in [-0.15, -0.1) is 0 Å². The van der Waals surface area contributed by atoms with Crippen molar-refractivity contribution >= 4 is 11.9 Å². The molecule has 0 spiro atoms. The zero-order chi connectivity index (χ0) is 27.1. The van der Waals surface area contributed by atoms with Gasteiger partial charge in [-0.3, -0.25) is 9.59 Å². The van der Waals surface area contributed by atoms with E-state index in [9.17, 15) is 9.59 Å². The second-order valence-electron chi connectivity index (χ2n) is 11.3. The number of carbonyl (C=O) groups is 2. The highest BCUT2D eigenvalue weighted by atomic mass is 16.5. The van der Waals surface area contributed by atoms with Gasteiger partial charge in [0.2, 0.25) is 0 Å². The number of carbonyl (C=O) groups excluding carboxylic acids is 1. The molecular formula is C33H64O4. The van der Waals surface area contributed by atoms with Crippen LogP contribution in [0.4, 0.5) is 0 Å². The molecule has 0 fully saturated rings. The highest BCUT2D eigenvalue weighted by Crippen LogP contribution is 2.15. The standard InChI is InChI=1S/C33H64O4/c1-2-3-4-5-6-7-8-9-12-15-18-21-24-27-30-33(36)37-31-28-25-22-19-16-13-10-11-14-17-20-23-26-29-32(34)35/h2-31H2,1H3,(H,34,35). The van der Waals surface area contributed by atoms with Crippen LogP contribution in [0.15, 0.2) is 0 Å². The van der Waals surface area contributed by atoms with Crippen LogP contribution in [0.2, 0.25) is 0 Å². The Kier molecular flexibility index (Phi) is 30.3. The molecule has 37 heavy (non-hydrogen) atoms. The van der Waals surface area contributed by atoms with Crippen LogP contribution in [-0.4, -0.2) is 23.7 Å². The third-order valence-corrected chi connectivity index (χ3v) is 7.53. The van der Waals surface area contributed by atoms with Crippen molar-refractivity contribution in [3.05, 3.63) is 0 Å². The summed E-state index contributed by atoms with van der Waals surface area (Å²) in [4.78, 5) is 22.3. The molecule has 0 atom stereocenters. The fraction of sp³-hybridized carbons (Fsp3) is 0.939. The summed E-state index contributed by atoms with van der Waals surface area (Å²) < 4.78 is 5.41. The second kappa shape index (κ2) is 31.2. The van der Waals surface area contributed by atoms with Crippen molar-refractivity contribution in [1.29, 1.82) is 0 Å². The van der Waals surface area contributed by atoms with E-state index in [1.165, 1.54) is 148 Å². The lowest BCUT2D eigenvalue weighted by atomic mass is 10.0. The summed E-state index contributed by atoms with van der Waals surface area (Å²) >= 11 is 0. The predicted octanol–water partition coefficient (Wildman–Crippen LogP) is 10.9. The number of carboxylic acids is 1. The lowest BCUT2D eigenvalue weighted by molar-refractivity contribution is -0.144. The largest absolute Gasteiger partial charge is 0.481 e. The van der Waals surface area contributed by atoms with Gasteiger partial charge in [0.05, 0.1) is 6.61 Å². The van der Waals surface area contributed by atoms with Crippen LogP contribution in [0.25, 0.3) is 0 Å². The maximum atomic E-state index is 11.9. The van der Waals surface area contributed by atoms with E-state index >= 15 is 0 Å². The van der Waals surface area contributed by atoms with E-state index < -0.39 is 5.97 Å². The summed E-state index contributed by atoms with van der Waals surface area (Å²) in [7, 11) is 0. The topological polar surface area (TPSA) is 63.6 Å². The highest BCUT2D eigenvalue weighted by molar-refractivity contribution is 5.69. The zero-order valence-electron chi connectivity index (χ0n) is 24.9. The number of rotatable bonds is 31. The Balaban J connectivity index is 3.15. The van der Waals surface area contributed by atoms with Gasteiger partial charge in [-0.2, -0.15) is 0 Å². The van der Waals surface area contributed by atoms with E-state index in [0.29, 0.717) is 19.4 Å². The number of hydrogen-bond acceptors (Lipinski definition) is 3. The Morgan fingerprint density at radius 1 is 0.432 bits per heavy atom. The summed E-state index contributed by atoms with van der Waals surface area (Å²) in [6, 6.07) is 0. The van der Waals surface area contributed by atoms with Crippen LogP contribution < -0.4 is 0 Å². The number of esters is 1. The van der Waals surface area contributed by atoms with Crippen LogP contribution in [0.3, 0.4) is 0 Å². The first kappa shape index (κ1) is 35.9. The van der Waals surface area contributed by atoms with Gasteiger partial charge in [-0.25, -0.2) is 0 Å². The van der Waals surface area contributed by atoms with Gasteiger partial charge in [0.1, 0.15) is 0 Å². The fourth-order valence-corrected chi connectivity index (χ4v) is 5.04. The van der Waals surface area contributed by atoms with E-state index in [4.69, 9.17) is 9.84 Å². The molecule has 0 aromatic heterocycles. The van der Waals surface area contributed by atoms with Crippen LogP contribution >= 0.6 is 0 Å². The third-order valence-electron chi connectivity index (χ3n) is 7.53. The predicted molar refractivity (Wildman–Crippen MR) is 158 cm³/mol. The Morgan fingerprint density at radius 2 is 0.730 bits per heavy atom. The van der Waals surface area contributed by atoms with Crippen LogP contribution in [0.1, 0.15) is 193 Å².